The first-order valence-electron chi connectivity index (χ1n) is 11.0. The van der Waals surface area contributed by atoms with Gasteiger partial charge in [0.2, 0.25) is 16.0 Å². The molecule has 0 spiro atoms. The van der Waals surface area contributed by atoms with E-state index in [2.05, 4.69) is 24.9 Å². The first kappa shape index (κ1) is 25.4. The summed E-state index contributed by atoms with van der Waals surface area (Å²) in [6.07, 6.45) is 2.87. The zero-order chi connectivity index (χ0) is 25.9. The molecule has 1 N–H and O–H groups in total. The number of rotatable bonds is 9. The molecule has 0 aliphatic rings. The van der Waals surface area contributed by atoms with E-state index in [1.165, 1.54) is 26.6 Å². The molecule has 0 saturated carbocycles. The van der Waals surface area contributed by atoms with Crippen LogP contribution in [-0.4, -0.2) is 52.6 Å². The number of ether oxygens (including phenoxy) is 2. The van der Waals surface area contributed by atoms with E-state index >= 15 is 0 Å². The number of halogens is 1. The van der Waals surface area contributed by atoms with Crippen LogP contribution in [0.4, 0.5) is 5.95 Å². The minimum atomic E-state index is -3.98. The number of methoxy groups -OCH3 is 2. The average Bonchev–Trinajstić information content (AvgIpc) is 3.30. The molecule has 2 aromatic heterocycles. The van der Waals surface area contributed by atoms with Crippen LogP contribution in [0.5, 0.6) is 11.5 Å². The molecule has 12 heteroatoms. The SMILES string of the molecule is COc1cccc(OC)c1-n1c(NS(=O)(=O)C(C)C(C)c2ncc(Cl)cn2)nnc1-c1ccccc1. The molecule has 4 rings (SSSR count). The van der Waals surface area contributed by atoms with Gasteiger partial charge >= 0.3 is 0 Å². The zero-order valence-corrected chi connectivity index (χ0v) is 21.7. The lowest BCUT2D eigenvalue weighted by Crippen LogP contribution is -2.31. The summed E-state index contributed by atoms with van der Waals surface area (Å²) in [7, 11) is -0.941. The van der Waals surface area contributed by atoms with Crippen molar-refractivity contribution in [2.24, 2.45) is 0 Å². The number of sulfonamides is 1. The fourth-order valence-electron chi connectivity index (χ4n) is 3.64. The molecular weight excluding hydrogens is 504 g/mol. The van der Waals surface area contributed by atoms with Gasteiger partial charge in [0.1, 0.15) is 23.0 Å². The van der Waals surface area contributed by atoms with E-state index in [-0.39, 0.29) is 5.95 Å². The molecule has 0 fully saturated rings. The molecular formula is C24H25ClN6O4S. The molecule has 2 unspecified atom stereocenters. The minimum absolute atomic E-state index is 0.0206. The third kappa shape index (κ3) is 4.98. The lowest BCUT2D eigenvalue weighted by atomic mass is 10.1. The van der Waals surface area contributed by atoms with Crippen molar-refractivity contribution in [2.45, 2.75) is 25.0 Å². The van der Waals surface area contributed by atoms with Gasteiger partial charge in [0.05, 0.1) is 24.5 Å². The maximum absolute atomic E-state index is 13.5. The molecule has 0 amide bonds. The van der Waals surface area contributed by atoms with Gasteiger partial charge in [0, 0.05) is 23.9 Å². The quantitative estimate of drug-likeness (QED) is 0.341. The van der Waals surface area contributed by atoms with Crippen LogP contribution in [0.3, 0.4) is 0 Å². The summed E-state index contributed by atoms with van der Waals surface area (Å²) in [5.74, 6) is 1.09. The van der Waals surface area contributed by atoms with Crippen molar-refractivity contribution >= 4 is 27.6 Å². The molecule has 0 radical (unpaired) electrons. The van der Waals surface area contributed by atoms with Gasteiger partial charge in [0.25, 0.3) is 0 Å². The lowest BCUT2D eigenvalue weighted by Gasteiger charge is -2.21. The molecule has 2 atom stereocenters. The molecule has 4 aromatic rings. The van der Waals surface area contributed by atoms with Crippen molar-refractivity contribution in [3.63, 3.8) is 0 Å². The van der Waals surface area contributed by atoms with Crippen molar-refractivity contribution in [2.75, 3.05) is 18.9 Å². The number of nitrogens with zero attached hydrogens (tertiary/aromatic N) is 5. The van der Waals surface area contributed by atoms with Gasteiger partial charge in [-0.05, 0) is 19.1 Å². The van der Waals surface area contributed by atoms with Crippen LogP contribution >= 0.6 is 11.6 Å². The Morgan fingerprint density at radius 1 is 0.917 bits per heavy atom. The van der Waals surface area contributed by atoms with E-state index in [0.29, 0.717) is 33.9 Å². The van der Waals surface area contributed by atoms with E-state index < -0.39 is 21.2 Å². The van der Waals surface area contributed by atoms with Crippen molar-refractivity contribution in [1.82, 2.24) is 24.7 Å². The van der Waals surface area contributed by atoms with Crippen LogP contribution in [0.25, 0.3) is 17.1 Å². The van der Waals surface area contributed by atoms with Crippen molar-refractivity contribution in [3.05, 3.63) is 71.8 Å². The smallest absolute Gasteiger partial charge is 0.243 e. The van der Waals surface area contributed by atoms with E-state index in [1.54, 1.807) is 36.6 Å². The number of aromatic nitrogens is 5. The Labute approximate surface area is 214 Å². The third-order valence-corrected chi connectivity index (χ3v) is 7.84. The number of hydrogen-bond acceptors (Lipinski definition) is 8. The zero-order valence-electron chi connectivity index (χ0n) is 20.1. The maximum atomic E-state index is 13.5. The number of anilines is 1. The number of nitrogens with one attached hydrogen (secondary N) is 1. The fourth-order valence-corrected chi connectivity index (χ4v) is 4.97. The summed E-state index contributed by atoms with van der Waals surface area (Å²) in [4.78, 5) is 8.35. The Hall–Kier alpha value is -3.70. The molecule has 0 aliphatic heterocycles. The third-order valence-electron chi connectivity index (χ3n) is 5.80. The highest BCUT2D eigenvalue weighted by molar-refractivity contribution is 7.93. The Bertz CT molecular complexity index is 1420. The Balaban J connectivity index is 1.81. The second-order valence-corrected chi connectivity index (χ2v) is 10.4. The normalized spacial score (nSPS) is 13.1. The van der Waals surface area contributed by atoms with Gasteiger partial charge < -0.3 is 9.47 Å². The molecule has 36 heavy (non-hydrogen) atoms. The van der Waals surface area contributed by atoms with Gasteiger partial charge in [0.15, 0.2) is 5.82 Å². The van der Waals surface area contributed by atoms with Crippen LogP contribution in [-0.2, 0) is 10.0 Å². The van der Waals surface area contributed by atoms with Crippen LogP contribution < -0.4 is 14.2 Å². The Morgan fingerprint density at radius 2 is 1.53 bits per heavy atom. The highest BCUT2D eigenvalue weighted by atomic mass is 35.5. The van der Waals surface area contributed by atoms with E-state index in [1.807, 2.05) is 30.3 Å². The summed E-state index contributed by atoms with van der Waals surface area (Å²) >= 11 is 5.88. The highest BCUT2D eigenvalue weighted by Crippen LogP contribution is 2.38. The van der Waals surface area contributed by atoms with Gasteiger partial charge in [-0.25, -0.2) is 18.4 Å². The fraction of sp³-hybridized carbons (Fsp3) is 0.250. The number of para-hydroxylation sites is 1. The summed E-state index contributed by atoms with van der Waals surface area (Å²) in [6, 6.07) is 14.5. The van der Waals surface area contributed by atoms with Crippen LogP contribution in [0.1, 0.15) is 25.6 Å². The summed E-state index contributed by atoms with van der Waals surface area (Å²) in [5.41, 5.74) is 1.17. The first-order chi connectivity index (χ1) is 17.3. The van der Waals surface area contributed by atoms with Crippen molar-refractivity contribution in [1.29, 1.82) is 0 Å². The first-order valence-corrected chi connectivity index (χ1v) is 12.9. The minimum Gasteiger partial charge on any atom is -0.494 e. The standard InChI is InChI=1S/C24H25ClN6O4S/c1-15(22-26-13-18(25)14-27-22)16(2)36(32,33)30-24-29-28-23(17-9-6-5-7-10-17)31(24)21-19(34-3)11-8-12-20(21)35-4/h5-16H,1-4H3,(H,29,30). The topological polar surface area (TPSA) is 121 Å². The number of hydrogen-bond donors (Lipinski definition) is 1. The monoisotopic (exact) mass is 528 g/mol. The lowest BCUT2D eigenvalue weighted by molar-refractivity contribution is 0.391. The maximum Gasteiger partial charge on any atom is 0.243 e. The van der Waals surface area contributed by atoms with E-state index in [4.69, 9.17) is 21.1 Å². The summed E-state index contributed by atoms with van der Waals surface area (Å²) in [5, 5.41) is 7.95. The highest BCUT2D eigenvalue weighted by Gasteiger charge is 2.32. The van der Waals surface area contributed by atoms with Crippen molar-refractivity contribution < 1.29 is 17.9 Å². The van der Waals surface area contributed by atoms with E-state index in [0.717, 1.165) is 5.56 Å². The Kier molecular flexibility index (Phi) is 7.41. The Morgan fingerprint density at radius 3 is 2.11 bits per heavy atom. The van der Waals surface area contributed by atoms with Gasteiger partial charge in [-0.3, -0.25) is 9.29 Å². The van der Waals surface area contributed by atoms with Gasteiger partial charge in [-0.15, -0.1) is 10.2 Å². The second kappa shape index (κ2) is 10.5. The number of benzene rings is 2. The summed E-state index contributed by atoms with van der Waals surface area (Å²) in [6.45, 7) is 3.31. The molecule has 0 bridgehead atoms. The predicted octanol–water partition coefficient (Wildman–Crippen LogP) is 4.33. The molecule has 2 heterocycles. The van der Waals surface area contributed by atoms with Crippen LogP contribution in [0, 0.1) is 0 Å². The molecule has 2 aromatic carbocycles. The van der Waals surface area contributed by atoms with Crippen LogP contribution in [0.15, 0.2) is 60.9 Å². The molecule has 10 nitrogen and oxygen atoms in total. The predicted molar refractivity (Wildman–Crippen MR) is 137 cm³/mol. The van der Waals surface area contributed by atoms with Crippen molar-refractivity contribution in [3.8, 4) is 28.6 Å². The largest absolute Gasteiger partial charge is 0.494 e. The molecule has 0 aliphatic carbocycles. The van der Waals surface area contributed by atoms with Gasteiger partial charge in [-0.1, -0.05) is 54.9 Å². The van der Waals surface area contributed by atoms with E-state index in [9.17, 15) is 8.42 Å². The molecule has 0 saturated heterocycles. The van der Waals surface area contributed by atoms with Crippen LogP contribution in [0.2, 0.25) is 5.02 Å². The van der Waals surface area contributed by atoms with Gasteiger partial charge in [-0.2, -0.15) is 0 Å². The molecule has 188 valence electrons. The average molecular weight is 529 g/mol. The second-order valence-electron chi connectivity index (χ2n) is 7.96. The summed E-state index contributed by atoms with van der Waals surface area (Å²) < 4.78 is 42.3.